The summed E-state index contributed by atoms with van der Waals surface area (Å²) in [6.07, 6.45) is 4.81. The van der Waals surface area contributed by atoms with Crippen molar-refractivity contribution in [2.45, 2.75) is 38.6 Å². The minimum Gasteiger partial charge on any atom is -0.310 e. The summed E-state index contributed by atoms with van der Waals surface area (Å²) < 4.78 is 13.8. The standard InChI is InChI=1S/C14H19ClFN/c1-2-17-13(9-8-10-6-7-10)14-11(15)4-3-5-12(14)16/h3-5,10,13,17H,2,6-9H2,1H3. The molecule has 1 unspecified atom stereocenters. The molecule has 0 spiro atoms. The van der Waals surface area contributed by atoms with E-state index < -0.39 is 0 Å². The molecule has 1 fully saturated rings. The summed E-state index contributed by atoms with van der Waals surface area (Å²) >= 11 is 6.11. The van der Waals surface area contributed by atoms with Gasteiger partial charge in [-0.05, 0) is 37.4 Å². The van der Waals surface area contributed by atoms with Crippen LogP contribution in [0.3, 0.4) is 0 Å². The maximum absolute atomic E-state index is 13.8. The molecule has 1 N–H and O–H groups in total. The van der Waals surface area contributed by atoms with Crippen LogP contribution < -0.4 is 5.32 Å². The zero-order chi connectivity index (χ0) is 12.3. The summed E-state index contributed by atoms with van der Waals surface area (Å²) in [5.74, 6) is 0.668. The fourth-order valence-corrected chi connectivity index (χ4v) is 2.54. The predicted octanol–water partition coefficient (Wildman–Crippen LogP) is 4.32. The van der Waals surface area contributed by atoms with Gasteiger partial charge in [0, 0.05) is 16.6 Å². The average Bonchev–Trinajstić information content (AvgIpc) is 3.09. The fraction of sp³-hybridized carbons (Fsp3) is 0.571. The van der Waals surface area contributed by atoms with Crippen molar-refractivity contribution in [3.63, 3.8) is 0 Å². The highest BCUT2D eigenvalue weighted by molar-refractivity contribution is 6.31. The van der Waals surface area contributed by atoms with Gasteiger partial charge in [0.05, 0.1) is 0 Å². The molecular weight excluding hydrogens is 237 g/mol. The van der Waals surface area contributed by atoms with Crippen LogP contribution in [-0.2, 0) is 0 Å². The second-order valence-electron chi connectivity index (χ2n) is 4.77. The molecule has 0 bridgehead atoms. The van der Waals surface area contributed by atoms with Gasteiger partial charge in [0.15, 0.2) is 0 Å². The SMILES string of the molecule is CCNC(CCC1CC1)c1c(F)cccc1Cl. The summed E-state index contributed by atoms with van der Waals surface area (Å²) in [4.78, 5) is 0. The van der Waals surface area contributed by atoms with Gasteiger partial charge in [0.1, 0.15) is 5.82 Å². The third-order valence-corrected chi connectivity index (χ3v) is 3.69. The first-order valence-electron chi connectivity index (χ1n) is 6.39. The molecule has 1 aliphatic carbocycles. The Morgan fingerprint density at radius 3 is 2.82 bits per heavy atom. The Morgan fingerprint density at radius 1 is 1.47 bits per heavy atom. The quantitative estimate of drug-likeness (QED) is 0.798. The number of hydrogen-bond acceptors (Lipinski definition) is 1. The second-order valence-corrected chi connectivity index (χ2v) is 5.17. The van der Waals surface area contributed by atoms with Gasteiger partial charge in [-0.25, -0.2) is 4.39 Å². The van der Waals surface area contributed by atoms with Gasteiger partial charge >= 0.3 is 0 Å². The molecule has 0 aliphatic heterocycles. The molecular formula is C14H19ClFN. The highest BCUT2D eigenvalue weighted by Crippen LogP contribution is 2.37. The van der Waals surface area contributed by atoms with E-state index in [4.69, 9.17) is 11.6 Å². The Kier molecular flexibility index (Phi) is 4.41. The fourth-order valence-electron chi connectivity index (χ4n) is 2.25. The molecule has 1 aromatic carbocycles. The van der Waals surface area contributed by atoms with E-state index in [0.29, 0.717) is 10.6 Å². The van der Waals surface area contributed by atoms with Gasteiger partial charge in [-0.2, -0.15) is 0 Å². The topological polar surface area (TPSA) is 12.0 Å². The summed E-state index contributed by atoms with van der Waals surface area (Å²) in [6.45, 7) is 2.87. The van der Waals surface area contributed by atoms with Crippen molar-refractivity contribution in [3.8, 4) is 0 Å². The molecule has 0 heterocycles. The monoisotopic (exact) mass is 255 g/mol. The largest absolute Gasteiger partial charge is 0.310 e. The molecule has 3 heteroatoms. The van der Waals surface area contributed by atoms with Gasteiger partial charge < -0.3 is 5.32 Å². The predicted molar refractivity (Wildman–Crippen MR) is 69.8 cm³/mol. The van der Waals surface area contributed by atoms with Gasteiger partial charge in [-0.3, -0.25) is 0 Å². The Bertz CT molecular complexity index is 356. The van der Waals surface area contributed by atoms with Crippen molar-refractivity contribution in [2.24, 2.45) is 5.92 Å². The van der Waals surface area contributed by atoms with Crippen LogP contribution in [-0.4, -0.2) is 6.54 Å². The molecule has 0 saturated heterocycles. The number of hydrogen-bond donors (Lipinski definition) is 1. The van der Waals surface area contributed by atoms with E-state index >= 15 is 0 Å². The highest BCUT2D eigenvalue weighted by Gasteiger charge is 2.24. The van der Waals surface area contributed by atoms with E-state index in [0.717, 1.165) is 18.9 Å². The lowest BCUT2D eigenvalue weighted by molar-refractivity contribution is 0.460. The molecule has 94 valence electrons. The first-order valence-corrected chi connectivity index (χ1v) is 6.77. The van der Waals surface area contributed by atoms with E-state index in [1.807, 2.05) is 6.92 Å². The van der Waals surface area contributed by atoms with Crippen LogP contribution in [0, 0.1) is 11.7 Å². The summed E-state index contributed by atoms with van der Waals surface area (Å²) in [7, 11) is 0. The highest BCUT2D eigenvalue weighted by atomic mass is 35.5. The molecule has 1 nitrogen and oxygen atoms in total. The smallest absolute Gasteiger partial charge is 0.129 e. The van der Waals surface area contributed by atoms with Gasteiger partial charge in [-0.1, -0.05) is 37.4 Å². The first kappa shape index (κ1) is 12.8. The molecule has 0 radical (unpaired) electrons. The van der Waals surface area contributed by atoms with Crippen LogP contribution in [0.15, 0.2) is 18.2 Å². The van der Waals surface area contributed by atoms with E-state index in [-0.39, 0.29) is 11.9 Å². The van der Waals surface area contributed by atoms with E-state index in [1.54, 1.807) is 12.1 Å². The number of benzene rings is 1. The van der Waals surface area contributed by atoms with Crippen LogP contribution >= 0.6 is 11.6 Å². The number of rotatable bonds is 6. The maximum Gasteiger partial charge on any atom is 0.129 e. The zero-order valence-corrected chi connectivity index (χ0v) is 10.9. The van der Waals surface area contributed by atoms with Crippen molar-refractivity contribution >= 4 is 11.6 Å². The first-order chi connectivity index (χ1) is 8.22. The zero-order valence-electron chi connectivity index (χ0n) is 10.2. The van der Waals surface area contributed by atoms with Crippen LogP contribution in [0.25, 0.3) is 0 Å². The lowest BCUT2D eigenvalue weighted by Crippen LogP contribution is -2.22. The van der Waals surface area contributed by atoms with Crippen molar-refractivity contribution in [3.05, 3.63) is 34.6 Å². The average molecular weight is 256 g/mol. The Labute approximate surface area is 107 Å². The van der Waals surface area contributed by atoms with Crippen LogP contribution in [0.1, 0.15) is 44.2 Å². The minimum atomic E-state index is -0.195. The number of nitrogens with one attached hydrogen (secondary N) is 1. The molecule has 2 rings (SSSR count). The Morgan fingerprint density at radius 2 is 2.24 bits per heavy atom. The van der Waals surface area contributed by atoms with Gasteiger partial charge in [-0.15, -0.1) is 0 Å². The van der Waals surface area contributed by atoms with Gasteiger partial charge in [0.2, 0.25) is 0 Å². The van der Waals surface area contributed by atoms with Crippen molar-refractivity contribution < 1.29 is 4.39 Å². The summed E-state index contributed by atoms with van der Waals surface area (Å²) in [5, 5.41) is 3.87. The van der Waals surface area contributed by atoms with Crippen LogP contribution in [0.2, 0.25) is 5.02 Å². The van der Waals surface area contributed by atoms with E-state index in [9.17, 15) is 4.39 Å². The molecule has 1 atom stereocenters. The molecule has 1 aromatic rings. The van der Waals surface area contributed by atoms with Crippen LogP contribution in [0.4, 0.5) is 4.39 Å². The minimum absolute atomic E-state index is 0.0503. The Hall–Kier alpha value is -0.600. The second kappa shape index (κ2) is 5.83. The Balaban J connectivity index is 2.11. The molecule has 1 aliphatic rings. The molecule has 0 aromatic heterocycles. The lowest BCUT2D eigenvalue weighted by Gasteiger charge is -2.20. The van der Waals surface area contributed by atoms with Crippen molar-refractivity contribution in [1.29, 1.82) is 0 Å². The third kappa shape index (κ3) is 3.43. The van der Waals surface area contributed by atoms with E-state index in [1.165, 1.54) is 25.3 Å². The molecule has 1 saturated carbocycles. The lowest BCUT2D eigenvalue weighted by atomic mass is 9.99. The molecule has 0 amide bonds. The van der Waals surface area contributed by atoms with E-state index in [2.05, 4.69) is 5.32 Å². The van der Waals surface area contributed by atoms with Crippen LogP contribution in [0.5, 0.6) is 0 Å². The normalized spacial score (nSPS) is 17.1. The summed E-state index contributed by atoms with van der Waals surface area (Å²) in [5.41, 5.74) is 0.636. The third-order valence-electron chi connectivity index (χ3n) is 3.36. The maximum atomic E-state index is 13.8. The molecule has 17 heavy (non-hydrogen) atoms. The van der Waals surface area contributed by atoms with Gasteiger partial charge in [0.25, 0.3) is 0 Å². The number of halogens is 2. The van der Waals surface area contributed by atoms with Crippen molar-refractivity contribution in [1.82, 2.24) is 5.32 Å². The summed E-state index contributed by atoms with van der Waals surface area (Å²) in [6, 6.07) is 4.96. The van der Waals surface area contributed by atoms with Crippen molar-refractivity contribution in [2.75, 3.05) is 6.54 Å².